The van der Waals surface area contributed by atoms with Crippen molar-refractivity contribution in [3.8, 4) is 17.1 Å². The topological polar surface area (TPSA) is 77.3 Å². The minimum absolute atomic E-state index is 0.187. The highest BCUT2D eigenvalue weighted by Crippen LogP contribution is 2.28. The molecule has 0 aliphatic carbocycles. The molecule has 0 aliphatic rings. The molecule has 0 spiro atoms. The van der Waals surface area contributed by atoms with Crippen LogP contribution in [0.15, 0.2) is 53.1 Å². The number of methoxy groups -OCH3 is 1. The van der Waals surface area contributed by atoms with Crippen LogP contribution in [0.25, 0.3) is 11.4 Å². The van der Waals surface area contributed by atoms with E-state index in [0.717, 1.165) is 11.1 Å². The molecule has 1 amide bonds. The number of nitrogens with zero attached hydrogens (tertiary/aromatic N) is 2. The smallest absolute Gasteiger partial charge is 0.251 e. The molecule has 0 saturated heterocycles. The Kier molecular flexibility index (Phi) is 4.79. The third-order valence-electron chi connectivity index (χ3n) is 3.79. The summed E-state index contributed by atoms with van der Waals surface area (Å²) in [7, 11) is 1.59. The van der Waals surface area contributed by atoms with E-state index in [1.54, 1.807) is 20.1 Å². The minimum Gasteiger partial charge on any atom is -0.496 e. The Balaban J connectivity index is 1.77. The van der Waals surface area contributed by atoms with Crippen LogP contribution in [0.4, 0.5) is 0 Å². The molecule has 3 aromatic rings. The number of hydrogen-bond donors (Lipinski definition) is 1. The lowest BCUT2D eigenvalue weighted by Gasteiger charge is -2.10. The van der Waals surface area contributed by atoms with Crippen LogP contribution in [0.1, 0.15) is 34.8 Å². The van der Waals surface area contributed by atoms with Gasteiger partial charge in [-0.15, -0.1) is 0 Å². The molecule has 3 rings (SSSR count). The van der Waals surface area contributed by atoms with Crippen LogP contribution in [0.3, 0.4) is 0 Å². The van der Waals surface area contributed by atoms with E-state index in [9.17, 15) is 4.79 Å². The SMILES string of the molecule is COc1ccccc1-c1noc([C@@H](C)NC(=O)c2cccc(C)c2)n1. The summed E-state index contributed by atoms with van der Waals surface area (Å²) in [6.07, 6.45) is 0. The maximum Gasteiger partial charge on any atom is 0.251 e. The first-order valence-electron chi connectivity index (χ1n) is 7.93. The number of aromatic nitrogens is 2. The molecule has 0 unspecified atom stereocenters. The lowest BCUT2D eigenvalue weighted by molar-refractivity contribution is 0.0932. The first kappa shape index (κ1) is 16.7. The molecule has 0 radical (unpaired) electrons. The van der Waals surface area contributed by atoms with Crippen molar-refractivity contribution in [2.45, 2.75) is 19.9 Å². The summed E-state index contributed by atoms with van der Waals surface area (Å²) in [4.78, 5) is 16.7. The van der Waals surface area contributed by atoms with Crippen molar-refractivity contribution in [1.82, 2.24) is 15.5 Å². The molecule has 128 valence electrons. The van der Waals surface area contributed by atoms with Crippen molar-refractivity contribution in [3.63, 3.8) is 0 Å². The van der Waals surface area contributed by atoms with Gasteiger partial charge < -0.3 is 14.6 Å². The fourth-order valence-corrected chi connectivity index (χ4v) is 2.48. The second-order valence-electron chi connectivity index (χ2n) is 5.72. The van der Waals surface area contributed by atoms with Gasteiger partial charge in [-0.05, 0) is 38.1 Å². The third kappa shape index (κ3) is 3.68. The van der Waals surface area contributed by atoms with Crippen molar-refractivity contribution >= 4 is 5.91 Å². The molecule has 6 nitrogen and oxygen atoms in total. The van der Waals surface area contributed by atoms with Gasteiger partial charge in [-0.25, -0.2) is 0 Å². The number of aryl methyl sites for hydroxylation is 1. The molecule has 2 aromatic carbocycles. The van der Waals surface area contributed by atoms with Gasteiger partial charge in [0.1, 0.15) is 11.8 Å². The van der Waals surface area contributed by atoms with E-state index in [0.29, 0.717) is 23.0 Å². The van der Waals surface area contributed by atoms with Gasteiger partial charge in [0.25, 0.3) is 5.91 Å². The molecule has 1 N–H and O–H groups in total. The first-order valence-corrected chi connectivity index (χ1v) is 7.93. The Labute approximate surface area is 145 Å². The molecule has 0 bridgehead atoms. The van der Waals surface area contributed by atoms with Crippen molar-refractivity contribution in [2.75, 3.05) is 7.11 Å². The maximum atomic E-state index is 12.3. The highest BCUT2D eigenvalue weighted by molar-refractivity contribution is 5.94. The van der Waals surface area contributed by atoms with Crippen LogP contribution in [-0.2, 0) is 0 Å². The highest BCUT2D eigenvalue weighted by atomic mass is 16.5. The molecular weight excluding hydrogens is 318 g/mol. The van der Waals surface area contributed by atoms with E-state index >= 15 is 0 Å². The largest absolute Gasteiger partial charge is 0.496 e. The number of carbonyl (C=O) groups is 1. The van der Waals surface area contributed by atoms with Crippen molar-refractivity contribution in [3.05, 3.63) is 65.5 Å². The van der Waals surface area contributed by atoms with Crippen LogP contribution >= 0.6 is 0 Å². The van der Waals surface area contributed by atoms with Gasteiger partial charge in [0.15, 0.2) is 0 Å². The summed E-state index contributed by atoms with van der Waals surface area (Å²) in [6.45, 7) is 3.74. The molecule has 0 fully saturated rings. The van der Waals surface area contributed by atoms with E-state index < -0.39 is 6.04 Å². The van der Waals surface area contributed by atoms with Crippen LogP contribution in [0.2, 0.25) is 0 Å². The minimum atomic E-state index is -0.413. The summed E-state index contributed by atoms with van der Waals surface area (Å²) < 4.78 is 10.6. The molecule has 6 heteroatoms. The summed E-state index contributed by atoms with van der Waals surface area (Å²) in [5.74, 6) is 1.23. The van der Waals surface area contributed by atoms with Gasteiger partial charge >= 0.3 is 0 Å². The summed E-state index contributed by atoms with van der Waals surface area (Å²) in [5, 5.41) is 6.86. The number of rotatable bonds is 5. The number of amides is 1. The Bertz CT molecular complexity index is 889. The lowest BCUT2D eigenvalue weighted by atomic mass is 10.1. The van der Waals surface area contributed by atoms with Crippen molar-refractivity contribution in [1.29, 1.82) is 0 Å². The zero-order valence-electron chi connectivity index (χ0n) is 14.3. The average molecular weight is 337 g/mol. The van der Waals surface area contributed by atoms with Gasteiger partial charge in [-0.1, -0.05) is 35.0 Å². The number of hydrogen-bond acceptors (Lipinski definition) is 5. The highest BCUT2D eigenvalue weighted by Gasteiger charge is 2.19. The number of nitrogens with one attached hydrogen (secondary N) is 1. The standard InChI is InChI=1S/C19H19N3O3/c1-12-7-6-8-14(11-12)18(23)20-13(2)19-21-17(22-25-19)15-9-4-5-10-16(15)24-3/h4-11,13H,1-3H3,(H,20,23)/t13-/m1/s1. The van der Waals surface area contributed by atoms with Crippen LogP contribution < -0.4 is 10.1 Å². The Morgan fingerprint density at radius 3 is 2.76 bits per heavy atom. The van der Waals surface area contributed by atoms with Gasteiger partial charge in [0.2, 0.25) is 11.7 Å². The van der Waals surface area contributed by atoms with Gasteiger partial charge in [-0.2, -0.15) is 4.98 Å². The number of carbonyl (C=O) groups excluding carboxylic acids is 1. The predicted molar refractivity (Wildman–Crippen MR) is 93.3 cm³/mol. The second kappa shape index (κ2) is 7.17. The van der Waals surface area contributed by atoms with Gasteiger partial charge in [0.05, 0.1) is 12.7 Å². The molecule has 1 heterocycles. The van der Waals surface area contributed by atoms with E-state index in [1.165, 1.54) is 0 Å². The zero-order valence-corrected chi connectivity index (χ0v) is 14.3. The quantitative estimate of drug-likeness (QED) is 0.770. The van der Waals surface area contributed by atoms with Gasteiger partial charge in [-0.3, -0.25) is 4.79 Å². The van der Waals surface area contributed by atoms with E-state index in [2.05, 4.69) is 15.5 Å². The number of para-hydroxylation sites is 1. The van der Waals surface area contributed by atoms with E-state index in [-0.39, 0.29) is 5.91 Å². The number of ether oxygens (including phenoxy) is 1. The average Bonchev–Trinajstić information content (AvgIpc) is 3.11. The van der Waals surface area contributed by atoms with Gasteiger partial charge in [0, 0.05) is 5.56 Å². The monoisotopic (exact) mass is 337 g/mol. The molecule has 1 atom stereocenters. The van der Waals surface area contributed by atoms with Crippen LogP contribution in [0, 0.1) is 6.92 Å². The summed E-state index contributed by atoms with van der Waals surface area (Å²) in [6, 6.07) is 14.4. The molecule has 25 heavy (non-hydrogen) atoms. The lowest BCUT2D eigenvalue weighted by Crippen LogP contribution is -2.26. The third-order valence-corrected chi connectivity index (χ3v) is 3.79. The van der Waals surface area contributed by atoms with E-state index in [4.69, 9.17) is 9.26 Å². The maximum absolute atomic E-state index is 12.3. The Morgan fingerprint density at radius 2 is 2.00 bits per heavy atom. The van der Waals surface area contributed by atoms with Crippen LogP contribution in [0.5, 0.6) is 5.75 Å². The number of benzene rings is 2. The predicted octanol–water partition coefficient (Wildman–Crippen LogP) is 3.54. The molecule has 0 saturated carbocycles. The molecule has 0 aliphatic heterocycles. The van der Waals surface area contributed by atoms with Crippen molar-refractivity contribution in [2.24, 2.45) is 0 Å². The summed E-state index contributed by atoms with van der Waals surface area (Å²) >= 11 is 0. The van der Waals surface area contributed by atoms with Crippen LogP contribution in [-0.4, -0.2) is 23.2 Å². The Hall–Kier alpha value is -3.15. The zero-order chi connectivity index (χ0) is 17.8. The first-order chi connectivity index (χ1) is 12.1. The van der Waals surface area contributed by atoms with E-state index in [1.807, 2.05) is 49.4 Å². The molecular formula is C19H19N3O3. The Morgan fingerprint density at radius 1 is 1.20 bits per heavy atom. The second-order valence-corrected chi connectivity index (χ2v) is 5.72. The fourth-order valence-electron chi connectivity index (χ4n) is 2.48. The van der Waals surface area contributed by atoms with Crippen molar-refractivity contribution < 1.29 is 14.1 Å². The summed E-state index contributed by atoms with van der Waals surface area (Å²) in [5.41, 5.74) is 2.35. The normalized spacial score (nSPS) is 11.8. The molecule has 1 aromatic heterocycles. The fraction of sp³-hybridized carbons (Fsp3) is 0.211.